The van der Waals surface area contributed by atoms with Crippen LogP contribution in [0.3, 0.4) is 0 Å². The first-order chi connectivity index (χ1) is 11.6. The van der Waals surface area contributed by atoms with Crippen molar-refractivity contribution in [2.24, 2.45) is 5.73 Å². The molecule has 0 aliphatic heterocycles. The Bertz CT molecular complexity index is 809. The number of primary amides is 1. The zero-order valence-corrected chi connectivity index (χ0v) is 13.2. The van der Waals surface area contributed by atoms with Crippen molar-refractivity contribution < 1.29 is 27.2 Å². The Hall–Kier alpha value is -2.75. The summed E-state index contributed by atoms with van der Waals surface area (Å²) in [6, 6.07) is 6.64. The van der Waals surface area contributed by atoms with E-state index in [-0.39, 0.29) is 16.9 Å². The predicted molar refractivity (Wildman–Crippen MR) is 86.8 cm³/mol. The molecule has 5 nitrogen and oxygen atoms in total. The molecule has 0 aliphatic rings. The highest BCUT2D eigenvalue weighted by molar-refractivity contribution is 7.82. The summed E-state index contributed by atoms with van der Waals surface area (Å²) in [6.45, 7) is 0. The van der Waals surface area contributed by atoms with E-state index in [1.807, 2.05) is 0 Å². The van der Waals surface area contributed by atoms with Gasteiger partial charge in [0.15, 0.2) is 0 Å². The predicted octanol–water partition coefficient (Wildman–Crippen LogP) is 3.83. The summed E-state index contributed by atoms with van der Waals surface area (Å²) in [5.74, 6) is -2.11. The van der Waals surface area contributed by atoms with Crippen LogP contribution in [0.15, 0.2) is 42.5 Å². The van der Waals surface area contributed by atoms with Gasteiger partial charge in [-0.15, -0.1) is 0 Å². The molecule has 0 bridgehead atoms. The van der Waals surface area contributed by atoms with Crippen LogP contribution in [0.4, 0.5) is 33.7 Å². The van der Waals surface area contributed by atoms with E-state index in [9.17, 15) is 27.2 Å². The molecule has 0 heterocycles. The summed E-state index contributed by atoms with van der Waals surface area (Å²) in [6.07, 6.45) is -4.89. The molecule has 132 valence electrons. The molecule has 3 N–H and O–H groups in total. The number of nitrogens with zero attached hydrogens (tertiary/aromatic N) is 1. The van der Waals surface area contributed by atoms with Crippen LogP contribution in [-0.2, 0) is 6.18 Å². The van der Waals surface area contributed by atoms with Crippen LogP contribution in [0, 0.1) is 5.82 Å². The number of alkyl halides is 3. The number of nitrogens with one attached hydrogen (secondary N) is 1. The SMILES string of the molecule is NC(=O)c1ccc(N(S)C(=O)Nc2ccc(F)c(C(F)(F)F)c2)cc1. The molecule has 10 heteroatoms. The maximum Gasteiger partial charge on any atom is 0.419 e. The van der Waals surface area contributed by atoms with E-state index in [2.05, 4.69) is 18.1 Å². The Balaban J connectivity index is 2.17. The number of rotatable bonds is 3. The average molecular weight is 373 g/mol. The molecule has 0 atom stereocenters. The number of amides is 3. The van der Waals surface area contributed by atoms with Gasteiger partial charge < -0.3 is 11.1 Å². The molecule has 2 aromatic carbocycles. The molecule has 0 unspecified atom stereocenters. The number of anilines is 2. The van der Waals surface area contributed by atoms with E-state index in [0.29, 0.717) is 12.1 Å². The molecule has 0 aliphatic carbocycles. The summed E-state index contributed by atoms with van der Waals surface area (Å²) < 4.78 is 52.1. The minimum atomic E-state index is -4.89. The van der Waals surface area contributed by atoms with Crippen molar-refractivity contribution in [2.75, 3.05) is 9.62 Å². The molecule has 0 fully saturated rings. The third kappa shape index (κ3) is 4.41. The van der Waals surface area contributed by atoms with E-state index in [1.165, 1.54) is 24.3 Å². The van der Waals surface area contributed by atoms with Crippen LogP contribution in [0.1, 0.15) is 15.9 Å². The quantitative estimate of drug-likeness (QED) is 0.565. The zero-order chi connectivity index (χ0) is 18.8. The largest absolute Gasteiger partial charge is 0.419 e. The molecule has 0 saturated heterocycles. The number of hydrogen-bond donors (Lipinski definition) is 3. The topological polar surface area (TPSA) is 75.4 Å². The van der Waals surface area contributed by atoms with E-state index < -0.39 is 29.5 Å². The van der Waals surface area contributed by atoms with Gasteiger partial charge in [-0.3, -0.25) is 4.79 Å². The lowest BCUT2D eigenvalue weighted by molar-refractivity contribution is -0.139. The number of nitrogens with two attached hydrogens (primary N) is 1. The molecule has 3 amide bonds. The Kier molecular flexibility index (Phi) is 5.21. The zero-order valence-electron chi connectivity index (χ0n) is 12.3. The van der Waals surface area contributed by atoms with Gasteiger partial charge >= 0.3 is 12.2 Å². The van der Waals surface area contributed by atoms with Crippen molar-refractivity contribution in [3.63, 3.8) is 0 Å². The van der Waals surface area contributed by atoms with E-state index >= 15 is 0 Å². The first-order valence-electron chi connectivity index (χ1n) is 6.66. The van der Waals surface area contributed by atoms with Gasteiger partial charge in [-0.25, -0.2) is 13.5 Å². The van der Waals surface area contributed by atoms with Gasteiger partial charge in [0.2, 0.25) is 5.91 Å². The summed E-state index contributed by atoms with van der Waals surface area (Å²) in [7, 11) is 0. The maximum atomic E-state index is 13.2. The third-order valence-electron chi connectivity index (χ3n) is 3.11. The maximum absolute atomic E-state index is 13.2. The minimum absolute atomic E-state index is 0.208. The van der Waals surface area contributed by atoms with Gasteiger partial charge in [0.1, 0.15) is 5.82 Å². The van der Waals surface area contributed by atoms with Gasteiger partial charge in [-0.2, -0.15) is 13.2 Å². The Morgan fingerprint density at radius 2 is 1.68 bits per heavy atom. The summed E-state index contributed by atoms with van der Waals surface area (Å²) in [5, 5.41) is 2.17. The van der Waals surface area contributed by atoms with Crippen LogP contribution >= 0.6 is 12.8 Å². The second-order valence-electron chi connectivity index (χ2n) is 4.85. The fraction of sp³-hybridized carbons (Fsp3) is 0.0667. The van der Waals surface area contributed by atoms with E-state index in [4.69, 9.17) is 5.73 Å². The number of carbonyl (C=O) groups is 2. The van der Waals surface area contributed by atoms with Gasteiger partial charge in [0, 0.05) is 11.3 Å². The number of carbonyl (C=O) groups excluding carboxylic acids is 2. The van der Waals surface area contributed by atoms with Crippen molar-refractivity contribution >= 4 is 36.1 Å². The van der Waals surface area contributed by atoms with E-state index in [0.717, 1.165) is 10.4 Å². The van der Waals surface area contributed by atoms with Crippen LogP contribution < -0.4 is 15.4 Å². The Morgan fingerprint density at radius 1 is 1.08 bits per heavy atom. The first-order valence-corrected chi connectivity index (χ1v) is 7.06. The Labute approximate surface area is 145 Å². The summed E-state index contributed by atoms with van der Waals surface area (Å²) in [5.41, 5.74) is 3.78. The van der Waals surface area contributed by atoms with Crippen molar-refractivity contribution in [3.05, 3.63) is 59.4 Å². The van der Waals surface area contributed by atoms with Crippen molar-refractivity contribution in [1.29, 1.82) is 0 Å². The smallest absolute Gasteiger partial charge is 0.366 e. The van der Waals surface area contributed by atoms with Crippen LogP contribution in [0.5, 0.6) is 0 Å². The number of hydrogen-bond acceptors (Lipinski definition) is 3. The standard InChI is InChI=1S/C15H11F4N3O2S/c16-12-6-3-9(7-11(12)15(17,18)19)21-14(24)22(25)10-4-1-8(2-5-10)13(20)23/h1-7,25H,(H2,20,23)(H,21,24). The molecular weight excluding hydrogens is 362 g/mol. The van der Waals surface area contributed by atoms with Gasteiger partial charge in [-0.05, 0) is 42.5 Å². The van der Waals surface area contributed by atoms with Crippen LogP contribution in [-0.4, -0.2) is 11.9 Å². The number of thiol groups is 1. The highest BCUT2D eigenvalue weighted by atomic mass is 32.1. The fourth-order valence-corrected chi connectivity index (χ4v) is 2.06. The summed E-state index contributed by atoms with van der Waals surface area (Å²) in [4.78, 5) is 23.0. The molecule has 2 rings (SSSR count). The third-order valence-corrected chi connectivity index (χ3v) is 3.52. The minimum Gasteiger partial charge on any atom is -0.366 e. The van der Waals surface area contributed by atoms with Crippen molar-refractivity contribution in [3.8, 4) is 0 Å². The summed E-state index contributed by atoms with van der Waals surface area (Å²) >= 11 is 3.94. The number of urea groups is 1. The lowest BCUT2D eigenvalue weighted by atomic mass is 10.2. The van der Waals surface area contributed by atoms with Crippen molar-refractivity contribution in [1.82, 2.24) is 0 Å². The van der Waals surface area contributed by atoms with Gasteiger partial charge in [0.05, 0.1) is 11.3 Å². The van der Waals surface area contributed by atoms with E-state index in [1.54, 1.807) is 0 Å². The second-order valence-corrected chi connectivity index (χ2v) is 5.25. The molecular formula is C15H11F4N3O2S. The van der Waals surface area contributed by atoms with Crippen molar-refractivity contribution in [2.45, 2.75) is 6.18 Å². The van der Waals surface area contributed by atoms with Gasteiger partial charge in [0.25, 0.3) is 0 Å². The highest BCUT2D eigenvalue weighted by Gasteiger charge is 2.34. The lowest BCUT2D eigenvalue weighted by Gasteiger charge is -2.17. The molecule has 0 aromatic heterocycles. The Morgan fingerprint density at radius 3 is 2.20 bits per heavy atom. The van der Waals surface area contributed by atoms with Crippen LogP contribution in [0.2, 0.25) is 0 Å². The van der Waals surface area contributed by atoms with Gasteiger partial charge in [-0.1, -0.05) is 12.8 Å². The monoisotopic (exact) mass is 373 g/mol. The average Bonchev–Trinajstić information content (AvgIpc) is 2.55. The van der Waals surface area contributed by atoms with Crippen LogP contribution in [0.25, 0.3) is 0 Å². The number of halogens is 4. The highest BCUT2D eigenvalue weighted by Crippen LogP contribution is 2.33. The molecule has 0 radical (unpaired) electrons. The normalized spacial score (nSPS) is 11.1. The lowest BCUT2D eigenvalue weighted by Crippen LogP contribution is -2.27. The first kappa shape index (κ1) is 18.6. The number of benzene rings is 2. The fourth-order valence-electron chi connectivity index (χ4n) is 1.88. The molecule has 0 saturated carbocycles. The molecule has 0 spiro atoms. The molecule has 2 aromatic rings. The second kappa shape index (κ2) is 7.01. The molecule has 25 heavy (non-hydrogen) atoms.